The molecule has 3 aromatic rings. The number of para-hydroxylation sites is 1. The summed E-state index contributed by atoms with van der Waals surface area (Å²) >= 11 is 1.39. The molecule has 4 rings (SSSR count). The van der Waals surface area contributed by atoms with Gasteiger partial charge in [-0.25, -0.2) is 4.98 Å². The highest BCUT2D eigenvalue weighted by Crippen LogP contribution is 2.33. The van der Waals surface area contributed by atoms with E-state index >= 15 is 0 Å². The number of carbonyl (C=O) groups excluding carboxylic acids is 1. The number of likely N-dealkylation sites (tertiary alicyclic amines) is 1. The number of carbonyl (C=O) groups is 1. The van der Waals surface area contributed by atoms with Gasteiger partial charge in [0.2, 0.25) is 0 Å². The van der Waals surface area contributed by atoms with Gasteiger partial charge in [0.25, 0.3) is 5.91 Å². The van der Waals surface area contributed by atoms with Gasteiger partial charge in [-0.1, -0.05) is 39.0 Å². The summed E-state index contributed by atoms with van der Waals surface area (Å²) in [7, 11) is 0. The zero-order chi connectivity index (χ0) is 18.3. The molecule has 1 aliphatic heterocycles. The van der Waals surface area contributed by atoms with Crippen LogP contribution in [-0.4, -0.2) is 40.0 Å². The quantitative estimate of drug-likeness (QED) is 0.705. The smallest absolute Gasteiger partial charge is 0.264 e. The number of nitrogens with zero attached hydrogens (tertiary/aromatic N) is 3. The Labute approximate surface area is 156 Å². The van der Waals surface area contributed by atoms with Crippen LogP contribution >= 0.6 is 11.3 Å². The second-order valence-corrected chi connectivity index (χ2v) is 8.58. The first-order valence-corrected chi connectivity index (χ1v) is 9.49. The normalized spacial score (nSPS) is 15.1. The second kappa shape index (κ2) is 6.36. The number of benzene rings is 1. The van der Waals surface area contributed by atoms with Crippen molar-refractivity contribution in [1.29, 1.82) is 0 Å². The number of aromatic nitrogens is 2. The van der Waals surface area contributed by atoms with E-state index < -0.39 is 0 Å². The van der Waals surface area contributed by atoms with Crippen molar-refractivity contribution in [1.82, 2.24) is 14.9 Å². The van der Waals surface area contributed by atoms with Crippen LogP contribution in [0.5, 0.6) is 5.75 Å². The molecule has 0 radical (unpaired) electrons. The minimum Gasteiger partial charge on any atom is -0.486 e. The lowest BCUT2D eigenvalue weighted by atomic mass is 9.86. The molecule has 3 heterocycles. The molecule has 1 aromatic carbocycles. The predicted molar refractivity (Wildman–Crippen MR) is 103 cm³/mol. The maximum absolute atomic E-state index is 12.6. The standard InChI is InChI=1S/C20H21N3O2S/c1-20(2,3)14-6-4-5-7-16(14)25-13-11-23(12-13)19(24)17-10-15-18(26-17)22-9-8-21-15/h4-10,13H,11-12H2,1-3H3. The molecule has 1 fully saturated rings. The summed E-state index contributed by atoms with van der Waals surface area (Å²) in [4.78, 5) is 24.4. The topological polar surface area (TPSA) is 55.3 Å². The van der Waals surface area contributed by atoms with Gasteiger partial charge >= 0.3 is 0 Å². The third-order valence-electron chi connectivity index (χ3n) is 4.50. The molecule has 1 saturated heterocycles. The summed E-state index contributed by atoms with van der Waals surface area (Å²) in [6.07, 6.45) is 3.32. The Bertz CT molecular complexity index is 922. The highest BCUT2D eigenvalue weighted by molar-refractivity contribution is 7.20. The monoisotopic (exact) mass is 367 g/mol. The largest absolute Gasteiger partial charge is 0.486 e. The van der Waals surface area contributed by atoms with Gasteiger partial charge < -0.3 is 9.64 Å². The molecule has 0 spiro atoms. The second-order valence-electron chi connectivity index (χ2n) is 7.55. The average Bonchev–Trinajstić information content (AvgIpc) is 3.01. The summed E-state index contributed by atoms with van der Waals surface area (Å²) in [5.41, 5.74) is 1.98. The molecule has 0 saturated carbocycles. The number of fused-ring (bicyclic) bond motifs is 1. The molecule has 5 nitrogen and oxygen atoms in total. The van der Waals surface area contributed by atoms with Crippen LogP contribution in [0.3, 0.4) is 0 Å². The minimum absolute atomic E-state index is 0.0208. The molecule has 6 heteroatoms. The Hall–Kier alpha value is -2.47. The Morgan fingerprint density at radius 1 is 1.19 bits per heavy atom. The summed E-state index contributed by atoms with van der Waals surface area (Å²) in [5, 5.41) is 0. The van der Waals surface area contributed by atoms with Crippen LogP contribution in [0.1, 0.15) is 36.0 Å². The number of hydrogen-bond acceptors (Lipinski definition) is 5. The van der Waals surface area contributed by atoms with E-state index in [2.05, 4.69) is 36.8 Å². The van der Waals surface area contributed by atoms with Gasteiger partial charge in [-0.3, -0.25) is 9.78 Å². The third kappa shape index (κ3) is 3.17. The van der Waals surface area contributed by atoms with E-state index in [1.165, 1.54) is 16.9 Å². The van der Waals surface area contributed by atoms with E-state index in [-0.39, 0.29) is 17.4 Å². The Balaban J connectivity index is 1.42. The van der Waals surface area contributed by atoms with Crippen LogP contribution in [0, 0.1) is 0 Å². The Morgan fingerprint density at radius 3 is 2.65 bits per heavy atom. The summed E-state index contributed by atoms with van der Waals surface area (Å²) in [6.45, 7) is 7.73. The number of hydrogen-bond donors (Lipinski definition) is 0. The Kier molecular flexibility index (Phi) is 4.15. The lowest BCUT2D eigenvalue weighted by molar-refractivity contribution is 0.0175. The van der Waals surface area contributed by atoms with Gasteiger partial charge in [0.1, 0.15) is 22.2 Å². The molecular formula is C20H21N3O2S. The molecule has 134 valence electrons. The van der Waals surface area contributed by atoms with E-state index in [0.29, 0.717) is 18.0 Å². The van der Waals surface area contributed by atoms with E-state index in [1.807, 2.05) is 29.2 Å². The van der Waals surface area contributed by atoms with Crippen molar-refractivity contribution in [2.24, 2.45) is 0 Å². The van der Waals surface area contributed by atoms with Crippen molar-refractivity contribution in [3.8, 4) is 5.75 Å². The SMILES string of the molecule is CC(C)(C)c1ccccc1OC1CN(C(=O)c2cc3nccnc3s2)C1. The van der Waals surface area contributed by atoms with Crippen LogP contribution in [0.2, 0.25) is 0 Å². The number of rotatable bonds is 3. The van der Waals surface area contributed by atoms with E-state index in [1.54, 1.807) is 12.4 Å². The summed E-state index contributed by atoms with van der Waals surface area (Å²) < 4.78 is 6.17. The molecule has 1 amide bonds. The first kappa shape index (κ1) is 17.0. The molecular weight excluding hydrogens is 346 g/mol. The van der Waals surface area contributed by atoms with Crippen LogP contribution in [0.15, 0.2) is 42.7 Å². The average molecular weight is 367 g/mol. The maximum Gasteiger partial charge on any atom is 0.264 e. The summed E-state index contributed by atoms with van der Waals surface area (Å²) in [5.74, 6) is 0.936. The first-order chi connectivity index (χ1) is 12.4. The molecule has 2 aromatic heterocycles. The number of thiophene rings is 1. The fraction of sp³-hybridized carbons (Fsp3) is 0.350. The van der Waals surface area contributed by atoms with Crippen LogP contribution in [-0.2, 0) is 5.41 Å². The van der Waals surface area contributed by atoms with Gasteiger partial charge in [0.15, 0.2) is 0 Å². The van der Waals surface area contributed by atoms with Crippen LogP contribution in [0.4, 0.5) is 0 Å². The van der Waals surface area contributed by atoms with Crippen molar-refractivity contribution in [2.45, 2.75) is 32.3 Å². The molecule has 0 atom stereocenters. The van der Waals surface area contributed by atoms with Gasteiger partial charge in [-0.15, -0.1) is 11.3 Å². The highest BCUT2D eigenvalue weighted by atomic mass is 32.1. The fourth-order valence-electron chi connectivity index (χ4n) is 3.08. The van der Waals surface area contributed by atoms with Crippen LogP contribution < -0.4 is 4.74 Å². The molecule has 26 heavy (non-hydrogen) atoms. The van der Waals surface area contributed by atoms with Crippen LogP contribution in [0.25, 0.3) is 10.3 Å². The molecule has 1 aliphatic rings. The van der Waals surface area contributed by atoms with E-state index in [9.17, 15) is 4.79 Å². The first-order valence-electron chi connectivity index (χ1n) is 8.68. The minimum atomic E-state index is 0.0208. The van der Waals surface area contributed by atoms with Gasteiger partial charge in [-0.2, -0.15) is 0 Å². The van der Waals surface area contributed by atoms with Crippen molar-refractivity contribution in [3.05, 3.63) is 53.2 Å². The van der Waals surface area contributed by atoms with E-state index in [4.69, 9.17) is 4.74 Å². The van der Waals surface area contributed by atoms with Gasteiger partial charge in [0.05, 0.1) is 18.0 Å². The highest BCUT2D eigenvalue weighted by Gasteiger charge is 2.34. The zero-order valence-corrected chi connectivity index (χ0v) is 15.9. The Morgan fingerprint density at radius 2 is 1.92 bits per heavy atom. The molecule has 0 bridgehead atoms. The van der Waals surface area contributed by atoms with Gasteiger partial charge in [0, 0.05) is 12.4 Å². The lowest BCUT2D eigenvalue weighted by Gasteiger charge is -2.39. The number of amides is 1. The van der Waals surface area contributed by atoms with Gasteiger partial charge in [-0.05, 0) is 23.1 Å². The van der Waals surface area contributed by atoms with Crippen molar-refractivity contribution in [2.75, 3.05) is 13.1 Å². The van der Waals surface area contributed by atoms with Crippen molar-refractivity contribution in [3.63, 3.8) is 0 Å². The number of ether oxygens (including phenoxy) is 1. The third-order valence-corrected chi connectivity index (χ3v) is 5.52. The predicted octanol–water partition coefficient (Wildman–Crippen LogP) is 3.89. The van der Waals surface area contributed by atoms with Crippen molar-refractivity contribution < 1.29 is 9.53 Å². The molecule has 0 N–H and O–H groups in total. The van der Waals surface area contributed by atoms with E-state index in [0.717, 1.165) is 16.1 Å². The zero-order valence-electron chi connectivity index (χ0n) is 15.1. The molecule has 0 unspecified atom stereocenters. The fourth-order valence-corrected chi connectivity index (χ4v) is 4.00. The maximum atomic E-state index is 12.6. The summed E-state index contributed by atoms with van der Waals surface area (Å²) in [6, 6.07) is 9.96. The lowest BCUT2D eigenvalue weighted by Crippen LogP contribution is -2.56. The molecule has 0 aliphatic carbocycles. The van der Waals surface area contributed by atoms with Crippen molar-refractivity contribution >= 4 is 27.6 Å².